The van der Waals surface area contributed by atoms with Crippen molar-refractivity contribution in [1.82, 2.24) is 24.9 Å². The van der Waals surface area contributed by atoms with Crippen LogP contribution in [0.3, 0.4) is 0 Å². The molecule has 3 aromatic rings. The number of aryl methyl sites for hydroxylation is 2. The van der Waals surface area contributed by atoms with Gasteiger partial charge in [-0.3, -0.25) is 4.79 Å². The van der Waals surface area contributed by atoms with Gasteiger partial charge in [0.05, 0.1) is 12.3 Å². The minimum atomic E-state index is 0.0516. The van der Waals surface area contributed by atoms with Crippen molar-refractivity contribution in [2.45, 2.75) is 33.6 Å². The molecule has 1 amide bonds. The Bertz CT molecular complexity index is 1040. The van der Waals surface area contributed by atoms with Crippen LogP contribution >= 0.6 is 0 Å². The van der Waals surface area contributed by atoms with Crippen LogP contribution in [-0.4, -0.2) is 63.6 Å². The lowest BCUT2D eigenvalue weighted by Crippen LogP contribution is -2.49. The number of hydrogen-bond acceptors (Lipinski definition) is 6. The lowest BCUT2D eigenvalue weighted by molar-refractivity contribution is 0.0746. The number of piperazine rings is 1. The number of hydrogen-bond donors (Lipinski definition) is 0. The van der Waals surface area contributed by atoms with E-state index in [9.17, 15) is 4.79 Å². The van der Waals surface area contributed by atoms with E-state index in [-0.39, 0.29) is 5.91 Å². The summed E-state index contributed by atoms with van der Waals surface area (Å²) in [5.41, 5.74) is 2.67. The molecule has 0 aliphatic carbocycles. The maximum atomic E-state index is 12.9. The number of anilines is 1. The minimum Gasteiger partial charge on any atom is -0.494 e. The third-order valence-electron chi connectivity index (χ3n) is 5.62. The number of ether oxygens (including phenoxy) is 1. The standard InChI is InChI=1S/C24H30N6O2/c1-4-5-16-32-21-8-6-20(7-9-21)24(31)29-14-12-28(13-15-29)22-10-11-23(26-25-22)30-19(3)17-18(2)27-30/h6-11,17H,4-5,12-16H2,1-3H3. The average Bonchev–Trinajstić information content (AvgIpc) is 3.17. The summed E-state index contributed by atoms with van der Waals surface area (Å²) in [7, 11) is 0. The van der Waals surface area contributed by atoms with Gasteiger partial charge in [-0.05, 0) is 62.7 Å². The first-order chi connectivity index (χ1) is 15.5. The molecule has 1 saturated heterocycles. The number of aromatic nitrogens is 4. The van der Waals surface area contributed by atoms with E-state index in [1.807, 2.05) is 61.2 Å². The SMILES string of the molecule is CCCCOc1ccc(C(=O)N2CCN(c3ccc(-n4nc(C)cc4C)nn3)CC2)cc1. The second-order valence-corrected chi connectivity index (χ2v) is 8.09. The van der Waals surface area contributed by atoms with E-state index < -0.39 is 0 Å². The fourth-order valence-electron chi connectivity index (χ4n) is 3.81. The van der Waals surface area contributed by atoms with Gasteiger partial charge >= 0.3 is 0 Å². The molecular formula is C24H30N6O2. The highest BCUT2D eigenvalue weighted by Gasteiger charge is 2.23. The smallest absolute Gasteiger partial charge is 0.253 e. The van der Waals surface area contributed by atoms with Crippen LogP contribution < -0.4 is 9.64 Å². The first kappa shape index (κ1) is 21.8. The Kier molecular flexibility index (Phi) is 6.68. The molecule has 168 valence electrons. The van der Waals surface area contributed by atoms with Crippen molar-refractivity contribution in [1.29, 1.82) is 0 Å². The molecule has 1 aliphatic rings. The van der Waals surface area contributed by atoms with Gasteiger partial charge in [-0.2, -0.15) is 5.10 Å². The Balaban J connectivity index is 1.32. The van der Waals surface area contributed by atoms with Crippen LogP contribution in [0.4, 0.5) is 5.82 Å². The zero-order chi connectivity index (χ0) is 22.5. The van der Waals surface area contributed by atoms with Crippen LogP contribution in [0.15, 0.2) is 42.5 Å². The highest BCUT2D eigenvalue weighted by atomic mass is 16.5. The number of carbonyl (C=O) groups excluding carboxylic acids is 1. The number of rotatable bonds is 7. The van der Waals surface area contributed by atoms with Gasteiger partial charge < -0.3 is 14.5 Å². The van der Waals surface area contributed by atoms with Gasteiger partial charge in [0.1, 0.15) is 5.75 Å². The van der Waals surface area contributed by atoms with Gasteiger partial charge in [0.2, 0.25) is 0 Å². The zero-order valence-electron chi connectivity index (χ0n) is 19.0. The molecule has 3 heterocycles. The molecule has 0 spiro atoms. The molecule has 8 nitrogen and oxygen atoms in total. The first-order valence-electron chi connectivity index (χ1n) is 11.2. The zero-order valence-corrected chi connectivity index (χ0v) is 19.0. The number of carbonyl (C=O) groups is 1. The minimum absolute atomic E-state index is 0.0516. The van der Waals surface area contributed by atoms with Gasteiger partial charge in [-0.1, -0.05) is 13.3 Å². The Morgan fingerprint density at radius 2 is 1.66 bits per heavy atom. The molecule has 0 atom stereocenters. The van der Waals surface area contributed by atoms with Gasteiger partial charge in [-0.15, -0.1) is 10.2 Å². The molecule has 0 unspecified atom stereocenters. The van der Waals surface area contributed by atoms with Crippen molar-refractivity contribution in [3.63, 3.8) is 0 Å². The summed E-state index contributed by atoms with van der Waals surface area (Å²) < 4.78 is 7.48. The van der Waals surface area contributed by atoms with Crippen LogP contribution in [0.5, 0.6) is 5.75 Å². The molecule has 1 fully saturated rings. The summed E-state index contributed by atoms with van der Waals surface area (Å²) in [6.07, 6.45) is 2.13. The van der Waals surface area contributed by atoms with Crippen molar-refractivity contribution >= 4 is 11.7 Å². The highest BCUT2D eigenvalue weighted by molar-refractivity contribution is 5.94. The summed E-state index contributed by atoms with van der Waals surface area (Å²) in [4.78, 5) is 16.9. The van der Waals surface area contributed by atoms with Crippen molar-refractivity contribution < 1.29 is 9.53 Å². The van der Waals surface area contributed by atoms with Gasteiger partial charge in [-0.25, -0.2) is 4.68 Å². The number of benzene rings is 1. The van der Waals surface area contributed by atoms with Gasteiger partial charge in [0.15, 0.2) is 11.6 Å². The Morgan fingerprint density at radius 1 is 0.969 bits per heavy atom. The van der Waals surface area contributed by atoms with E-state index >= 15 is 0 Å². The maximum absolute atomic E-state index is 12.9. The molecule has 0 bridgehead atoms. The summed E-state index contributed by atoms with van der Waals surface area (Å²) in [6, 6.07) is 13.4. The summed E-state index contributed by atoms with van der Waals surface area (Å²) in [6.45, 7) is 9.53. The van der Waals surface area contributed by atoms with E-state index in [0.717, 1.165) is 48.9 Å². The van der Waals surface area contributed by atoms with E-state index in [2.05, 4.69) is 27.1 Å². The second-order valence-electron chi connectivity index (χ2n) is 8.09. The van der Waals surface area contributed by atoms with E-state index in [1.165, 1.54) is 0 Å². The van der Waals surface area contributed by atoms with Crippen molar-refractivity contribution in [2.75, 3.05) is 37.7 Å². The molecular weight excluding hydrogens is 404 g/mol. The van der Waals surface area contributed by atoms with Crippen molar-refractivity contribution in [3.05, 3.63) is 59.4 Å². The third-order valence-corrected chi connectivity index (χ3v) is 5.62. The molecule has 32 heavy (non-hydrogen) atoms. The Morgan fingerprint density at radius 3 is 2.25 bits per heavy atom. The Labute approximate surface area is 188 Å². The molecule has 0 radical (unpaired) electrons. The highest BCUT2D eigenvalue weighted by Crippen LogP contribution is 2.18. The molecule has 0 saturated carbocycles. The Hall–Kier alpha value is -3.42. The van der Waals surface area contributed by atoms with Crippen LogP contribution in [0, 0.1) is 13.8 Å². The van der Waals surface area contributed by atoms with E-state index in [1.54, 1.807) is 4.68 Å². The van der Waals surface area contributed by atoms with E-state index in [4.69, 9.17) is 4.74 Å². The first-order valence-corrected chi connectivity index (χ1v) is 11.2. The lowest BCUT2D eigenvalue weighted by Gasteiger charge is -2.35. The summed E-state index contributed by atoms with van der Waals surface area (Å²) in [5.74, 6) is 2.38. The van der Waals surface area contributed by atoms with Crippen LogP contribution in [-0.2, 0) is 0 Å². The van der Waals surface area contributed by atoms with Gasteiger partial charge in [0.25, 0.3) is 5.91 Å². The summed E-state index contributed by atoms with van der Waals surface area (Å²) in [5, 5.41) is 13.2. The van der Waals surface area contributed by atoms with Crippen molar-refractivity contribution in [2.24, 2.45) is 0 Å². The quantitative estimate of drug-likeness (QED) is 0.531. The molecule has 1 aromatic carbocycles. The number of nitrogens with zero attached hydrogens (tertiary/aromatic N) is 6. The maximum Gasteiger partial charge on any atom is 0.253 e. The predicted octanol–water partition coefficient (Wildman–Crippen LogP) is 3.42. The number of amides is 1. The van der Waals surface area contributed by atoms with E-state index in [0.29, 0.717) is 31.1 Å². The molecule has 4 rings (SSSR count). The second kappa shape index (κ2) is 9.80. The molecule has 2 aromatic heterocycles. The topological polar surface area (TPSA) is 76.4 Å². The lowest BCUT2D eigenvalue weighted by atomic mass is 10.1. The molecule has 8 heteroatoms. The molecule has 0 N–H and O–H groups in total. The fourth-order valence-corrected chi connectivity index (χ4v) is 3.81. The van der Waals surface area contributed by atoms with Crippen LogP contribution in [0.2, 0.25) is 0 Å². The number of unbranched alkanes of at least 4 members (excludes halogenated alkanes) is 1. The predicted molar refractivity (Wildman–Crippen MR) is 124 cm³/mol. The largest absolute Gasteiger partial charge is 0.494 e. The average molecular weight is 435 g/mol. The monoisotopic (exact) mass is 434 g/mol. The third kappa shape index (κ3) is 4.90. The van der Waals surface area contributed by atoms with Crippen LogP contribution in [0.25, 0.3) is 5.82 Å². The molecule has 1 aliphatic heterocycles. The normalized spacial score (nSPS) is 14.0. The van der Waals surface area contributed by atoms with Crippen LogP contribution in [0.1, 0.15) is 41.5 Å². The summed E-state index contributed by atoms with van der Waals surface area (Å²) >= 11 is 0. The van der Waals surface area contributed by atoms with Gasteiger partial charge in [0, 0.05) is 37.4 Å². The fraction of sp³-hybridized carbons (Fsp3) is 0.417. The van der Waals surface area contributed by atoms with Crippen molar-refractivity contribution in [3.8, 4) is 11.6 Å².